The van der Waals surface area contributed by atoms with Gasteiger partial charge in [-0.2, -0.15) is 0 Å². The Kier molecular flexibility index (Phi) is 4.95. The molecule has 0 bridgehead atoms. The van der Waals surface area contributed by atoms with E-state index in [9.17, 15) is 4.79 Å². The van der Waals surface area contributed by atoms with E-state index in [1.807, 2.05) is 44.3 Å². The van der Waals surface area contributed by atoms with Crippen LogP contribution >= 0.6 is 11.6 Å². The maximum absolute atomic E-state index is 11.4. The van der Waals surface area contributed by atoms with E-state index < -0.39 is 5.24 Å². The molecular formula is C19H20ClNO3. The van der Waals surface area contributed by atoms with Gasteiger partial charge < -0.3 is 14.4 Å². The smallest absolute Gasteiger partial charge is 0.252 e. The van der Waals surface area contributed by atoms with Gasteiger partial charge in [0.25, 0.3) is 5.24 Å². The molecule has 1 aliphatic rings. The van der Waals surface area contributed by atoms with E-state index in [2.05, 4.69) is 4.90 Å². The first kappa shape index (κ1) is 16.7. The van der Waals surface area contributed by atoms with Crippen LogP contribution in [-0.2, 0) is 6.42 Å². The highest BCUT2D eigenvalue weighted by molar-refractivity contribution is 6.67. The standard InChI is InChI=1S/C19H20ClNO3/c1-3-13-10-14(8-9-16(13)19(20)22)23-12-15-11-21(2)17-6-4-5-7-18(17)24-15/h4-10,15H,3,11-12H2,1-2H3/t15-/m0/s1. The quantitative estimate of drug-likeness (QED) is 0.770. The highest BCUT2D eigenvalue weighted by Gasteiger charge is 2.23. The zero-order chi connectivity index (χ0) is 17.1. The molecule has 0 amide bonds. The molecular weight excluding hydrogens is 326 g/mol. The first-order chi connectivity index (χ1) is 11.6. The van der Waals surface area contributed by atoms with Gasteiger partial charge in [-0.05, 0) is 53.9 Å². The minimum absolute atomic E-state index is 0.0516. The number of aryl methyl sites for hydroxylation is 1. The number of carbonyl (C=O) groups is 1. The Hall–Kier alpha value is -2.20. The number of halogens is 1. The number of nitrogens with zero attached hydrogens (tertiary/aromatic N) is 1. The van der Waals surface area contributed by atoms with Gasteiger partial charge in [-0.3, -0.25) is 4.79 Å². The van der Waals surface area contributed by atoms with Crippen molar-refractivity contribution < 1.29 is 14.3 Å². The second-order valence-corrected chi connectivity index (χ2v) is 6.19. The number of carbonyl (C=O) groups excluding carboxylic acids is 1. The van der Waals surface area contributed by atoms with Crippen molar-refractivity contribution in [3.63, 3.8) is 0 Å². The number of hydrogen-bond acceptors (Lipinski definition) is 4. The molecule has 0 saturated carbocycles. The fraction of sp³-hybridized carbons (Fsp3) is 0.316. The second-order valence-electron chi connectivity index (χ2n) is 5.85. The molecule has 2 aromatic carbocycles. The number of fused-ring (bicyclic) bond motifs is 1. The summed E-state index contributed by atoms with van der Waals surface area (Å²) in [6, 6.07) is 13.3. The molecule has 0 aliphatic carbocycles. The molecule has 1 heterocycles. The molecule has 4 nitrogen and oxygen atoms in total. The van der Waals surface area contributed by atoms with Crippen molar-refractivity contribution in [3.05, 3.63) is 53.6 Å². The molecule has 1 atom stereocenters. The van der Waals surface area contributed by atoms with Crippen LogP contribution in [0.15, 0.2) is 42.5 Å². The predicted octanol–water partition coefficient (Wildman–Crippen LogP) is 3.90. The SMILES string of the molecule is CCc1cc(OC[C@@H]2CN(C)c3ccccc3O2)ccc1C(=O)Cl. The molecule has 24 heavy (non-hydrogen) atoms. The van der Waals surface area contributed by atoms with E-state index in [1.54, 1.807) is 12.1 Å². The van der Waals surface area contributed by atoms with Gasteiger partial charge in [0.1, 0.15) is 24.2 Å². The average molecular weight is 346 g/mol. The van der Waals surface area contributed by atoms with Crippen molar-refractivity contribution in [2.45, 2.75) is 19.4 Å². The lowest BCUT2D eigenvalue weighted by Crippen LogP contribution is -2.41. The van der Waals surface area contributed by atoms with Crippen LogP contribution in [0.3, 0.4) is 0 Å². The van der Waals surface area contributed by atoms with Crippen molar-refractivity contribution >= 4 is 22.5 Å². The van der Waals surface area contributed by atoms with E-state index in [4.69, 9.17) is 21.1 Å². The van der Waals surface area contributed by atoms with Crippen LogP contribution in [-0.4, -0.2) is 31.5 Å². The largest absolute Gasteiger partial charge is 0.490 e. The van der Waals surface area contributed by atoms with Crippen LogP contribution in [0.1, 0.15) is 22.8 Å². The fourth-order valence-electron chi connectivity index (χ4n) is 2.91. The predicted molar refractivity (Wildman–Crippen MR) is 95.6 cm³/mol. The number of para-hydroxylation sites is 2. The fourth-order valence-corrected chi connectivity index (χ4v) is 3.10. The zero-order valence-corrected chi connectivity index (χ0v) is 14.5. The van der Waals surface area contributed by atoms with Gasteiger partial charge in [0, 0.05) is 12.6 Å². The third-order valence-corrected chi connectivity index (χ3v) is 4.36. The normalized spacial score (nSPS) is 16.3. The summed E-state index contributed by atoms with van der Waals surface area (Å²) >= 11 is 5.60. The first-order valence-electron chi connectivity index (χ1n) is 8.01. The maximum atomic E-state index is 11.4. The molecule has 5 heteroatoms. The Bertz CT molecular complexity index is 747. The van der Waals surface area contributed by atoms with Crippen LogP contribution in [0.4, 0.5) is 5.69 Å². The molecule has 0 fully saturated rings. The van der Waals surface area contributed by atoms with Crippen LogP contribution in [0, 0.1) is 0 Å². The lowest BCUT2D eigenvalue weighted by molar-refractivity contribution is 0.108. The first-order valence-corrected chi connectivity index (χ1v) is 8.38. The number of ether oxygens (including phenoxy) is 2. The summed E-state index contributed by atoms with van der Waals surface area (Å²) in [4.78, 5) is 13.6. The monoisotopic (exact) mass is 345 g/mol. The number of hydrogen-bond donors (Lipinski definition) is 0. The minimum Gasteiger partial charge on any atom is -0.490 e. The van der Waals surface area contributed by atoms with Gasteiger partial charge in [-0.1, -0.05) is 19.1 Å². The topological polar surface area (TPSA) is 38.8 Å². The zero-order valence-electron chi connectivity index (χ0n) is 13.8. The van der Waals surface area contributed by atoms with E-state index in [-0.39, 0.29) is 6.10 Å². The van der Waals surface area contributed by atoms with Gasteiger partial charge in [0.15, 0.2) is 0 Å². The van der Waals surface area contributed by atoms with Crippen LogP contribution in [0.2, 0.25) is 0 Å². The molecule has 126 valence electrons. The second kappa shape index (κ2) is 7.14. The summed E-state index contributed by atoms with van der Waals surface area (Å²) in [5, 5.41) is -0.438. The average Bonchev–Trinajstić information content (AvgIpc) is 2.59. The molecule has 0 spiro atoms. The van der Waals surface area contributed by atoms with Crippen molar-refractivity contribution in [1.82, 2.24) is 0 Å². The van der Waals surface area contributed by atoms with E-state index >= 15 is 0 Å². The third-order valence-electron chi connectivity index (χ3n) is 4.15. The number of likely N-dealkylation sites (N-methyl/N-ethyl adjacent to an activating group) is 1. The van der Waals surface area contributed by atoms with Crippen molar-refractivity contribution in [1.29, 1.82) is 0 Å². The van der Waals surface area contributed by atoms with Crippen molar-refractivity contribution in [3.8, 4) is 11.5 Å². The van der Waals surface area contributed by atoms with Crippen LogP contribution in [0.5, 0.6) is 11.5 Å². The summed E-state index contributed by atoms with van der Waals surface area (Å²) in [7, 11) is 2.05. The Morgan fingerprint density at radius 2 is 2.12 bits per heavy atom. The van der Waals surface area contributed by atoms with Gasteiger partial charge in [-0.25, -0.2) is 0 Å². The number of rotatable bonds is 5. The summed E-state index contributed by atoms with van der Waals surface area (Å²) in [5.41, 5.74) is 2.51. The Morgan fingerprint density at radius 3 is 2.88 bits per heavy atom. The Morgan fingerprint density at radius 1 is 1.33 bits per heavy atom. The molecule has 0 aromatic heterocycles. The molecule has 0 saturated heterocycles. The summed E-state index contributed by atoms with van der Waals surface area (Å²) in [6.45, 7) is 3.18. The summed E-state index contributed by atoms with van der Waals surface area (Å²) < 4.78 is 11.9. The lowest BCUT2D eigenvalue weighted by atomic mass is 10.1. The molecule has 2 aromatic rings. The number of anilines is 1. The van der Waals surface area contributed by atoms with Crippen LogP contribution in [0.25, 0.3) is 0 Å². The van der Waals surface area contributed by atoms with Crippen molar-refractivity contribution in [2.24, 2.45) is 0 Å². The maximum Gasteiger partial charge on any atom is 0.252 e. The molecule has 0 radical (unpaired) electrons. The molecule has 0 N–H and O–H groups in total. The van der Waals surface area contributed by atoms with Gasteiger partial charge in [-0.15, -0.1) is 0 Å². The third kappa shape index (κ3) is 3.49. The molecule has 1 aliphatic heterocycles. The summed E-state index contributed by atoms with van der Waals surface area (Å²) in [6.07, 6.45) is 0.672. The molecule has 3 rings (SSSR count). The lowest BCUT2D eigenvalue weighted by Gasteiger charge is -2.33. The Balaban J connectivity index is 1.67. The van der Waals surface area contributed by atoms with Crippen molar-refractivity contribution in [2.75, 3.05) is 25.1 Å². The highest BCUT2D eigenvalue weighted by atomic mass is 35.5. The van der Waals surface area contributed by atoms with Gasteiger partial charge in [0.2, 0.25) is 0 Å². The minimum atomic E-state index is -0.438. The molecule has 0 unspecified atom stereocenters. The van der Waals surface area contributed by atoms with Crippen LogP contribution < -0.4 is 14.4 Å². The van der Waals surface area contributed by atoms with Gasteiger partial charge >= 0.3 is 0 Å². The van der Waals surface area contributed by atoms with Gasteiger partial charge in [0.05, 0.1) is 12.2 Å². The highest BCUT2D eigenvalue weighted by Crippen LogP contribution is 2.32. The van der Waals surface area contributed by atoms with E-state index in [0.29, 0.717) is 12.2 Å². The van der Waals surface area contributed by atoms with E-state index in [1.165, 1.54) is 0 Å². The number of benzene rings is 2. The Labute approximate surface area is 146 Å². The van der Waals surface area contributed by atoms with E-state index in [0.717, 1.165) is 35.7 Å². The summed E-state index contributed by atoms with van der Waals surface area (Å²) in [5.74, 6) is 1.59.